The first-order valence-electron chi connectivity index (χ1n) is 11.4. The van der Waals surface area contributed by atoms with Crippen molar-refractivity contribution in [2.24, 2.45) is 5.73 Å². The largest absolute Gasteiger partial charge is 0.492 e. The maximum Gasteiger partial charge on any atom is 0.401 e. The van der Waals surface area contributed by atoms with Crippen LogP contribution in [0.25, 0.3) is 11.1 Å². The van der Waals surface area contributed by atoms with Crippen LogP contribution in [0.15, 0.2) is 42.7 Å². The second-order valence-corrected chi connectivity index (χ2v) is 8.68. The highest BCUT2D eigenvalue weighted by Gasteiger charge is 2.42. The van der Waals surface area contributed by atoms with E-state index in [2.05, 4.69) is 5.10 Å². The first-order chi connectivity index (χ1) is 16.6. The third kappa shape index (κ3) is 5.33. The smallest absolute Gasteiger partial charge is 0.401 e. The molecular formula is C25H27F5N4O. The van der Waals surface area contributed by atoms with E-state index in [4.69, 9.17) is 10.5 Å². The van der Waals surface area contributed by atoms with E-state index in [1.165, 1.54) is 0 Å². The standard InChI is InChI=1S/C25H27F5N4O/c1-3-33-13-18(12-32-33)16-4-5-20-17(9-16)8-15(2)34(14-25(28,29)30)24(20)23-21(26)10-19(11-22(23)27)35-7-6-31/h4-5,9-13,15,24H,3,6-8,14,31H2,1-2H3/t15-,24+/m1/s1. The molecule has 1 aliphatic heterocycles. The molecule has 3 aromatic rings. The number of fused-ring (bicyclic) bond motifs is 1. The molecule has 0 aliphatic carbocycles. The molecule has 10 heteroatoms. The van der Waals surface area contributed by atoms with Crippen molar-refractivity contribution in [3.05, 3.63) is 71.1 Å². The molecule has 0 amide bonds. The molecule has 1 aliphatic rings. The monoisotopic (exact) mass is 494 g/mol. The van der Waals surface area contributed by atoms with Gasteiger partial charge in [0.05, 0.1) is 18.8 Å². The molecule has 0 spiro atoms. The molecule has 4 rings (SSSR count). The molecule has 5 nitrogen and oxygen atoms in total. The molecule has 0 saturated heterocycles. The molecule has 1 aromatic heterocycles. The van der Waals surface area contributed by atoms with Gasteiger partial charge in [-0.3, -0.25) is 9.58 Å². The number of ether oxygens (including phenoxy) is 1. The summed E-state index contributed by atoms with van der Waals surface area (Å²) in [6, 6.07) is 5.39. The van der Waals surface area contributed by atoms with Gasteiger partial charge < -0.3 is 10.5 Å². The van der Waals surface area contributed by atoms with Crippen LogP contribution in [0.5, 0.6) is 5.75 Å². The predicted octanol–water partition coefficient (Wildman–Crippen LogP) is 5.08. The summed E-state index contributed by atoms with van der Waals surface area (Å²) >= 11 is 0. The van der Waals surface area contributed by atoms with Gasteiger partial charge in [-0.15, -0.1) is 0 Å². The summed E-state index contributed by atoms with van der Waals surface area (Å²) in [5.74, 6) is -2.01. The maximum absolute atomic E-state index is 15.3. The summed E-state index contributed by atoms with van der Waals surface area (Å²) in [5, 5.41) is 4.27. The highest BCUT2D eigenvalue weighted by molar-refractivity contribution is 5.64. The fraction of sp³-hybridized carbons (Fsp3) is 0.400. The third-order valence-corrected chi connectivity index (χ3v) is 6.22. The second-order valence-electron chi connectivity index (χ2n) is 8.68. The Kier molecular flexibility index (Phi) is 7.14. The molecule has 0 saturated carbocycles. The number of rotatable bonds is 7. The van der Waals surface area contributed by atoms with Gasteiger partial charge in [0, 0.05) is 48.6 Å². The van der Waals surface area contributed by atoms with Gasteiger partial charge in [-0.25, -0.2) is 8.78 Å². The van der Waals surface area contributed by atoms with E-state index >= 15 is 8.78 Å². The van der Waals surface area contributed by atoms with Crippen LogP contribution in [0.2, 0.25) is 0 Å². The average molecular weight is 495 g/mol. The lowest BCUT2D eigenvalue weighted by Gasteiger charge is -2.42. The predicted molar refractivity (Wildman–Crippen MR) is 122 cm³/mol. The maximum atomic E-state index is 15.3. The summed E-state index contributed by atoms with van der Waals surface area (Å²) in [7, 11) is 0. The van der Waals surface area contributed by atoms with Crippen molar-refractivity contribution < 1.29 is 26.7 Å². The fourth-order valence-electron chi connectivity index (χ4n) is 4.64. The van der Waals surface area contributed by atoms with Crippen LogP contribution in [0, 0.1) is 11.6 Å². The van der Waals surface area contributed by atoms with Gasteiger partial charge in [-0.05, 0) is 37.0 Å². The Bertz CT molecular complexity index is 1170. The van der Waals surface area contributed by atoms with Crippen molar-refractivity contribution in [3.63, 3.8) is 0 Å². The number of nitrogens with two attached hydrogens (primary N) is 1. The SMILES string of the molecule is CCn1cc(-c2ccc3c(c2)C[C@@H](C)N(CC(F)(F)F)[C@@H]3c2c(F)cc(OCCN)cc2F)cn1. The molecule has 2 aromatic carbocycles. The van der Waals surface area contributed by atoms with Gasteiger partial charge in [0.2, 0.25) is 0 Å². The minimum absolute atomic E-state index is 0.0547. The zero-order valence-corrected chi connectivity index (χ0v) is 19.4. The number of nitrogens with zero attached hydrogens (tertiary/aromatic N) is 3. The molecule has 2 atom stereocenters. The number of halogens is 5. The molecule has 0 fully saturated rings. The Labute approximate surface area is 200 Å². The Morgan fingerprint density at radius 3 is 2.43 bits per heavy atom. The fourth-order valence-corrected chi connectivity index (χ4v) is 4.64. The third-order valence-electron chi connectivity index (χ3n) is 6.22. The first-order valence-corrected chi connectivity index (χ1v) is 11.4. The topological polar surface area (TPSA) is 56.3 Å². The van der Waals surface area contributed by atoms with Crippen molar-refractivity contribution in [3.8, 4) is 16.9 Å². The number of alkyl halides is 3. The van der Waals surface area contributed by atoms with Crippen LogP contribution < -0.4 is 10.5 Å². The number of aryl methyl sites for hydroxylation is 1. The average Bonchev–Trinajstić information content (AvgIpc) is 3.27. The lowest BCUT2D eigenvalue weighted by Crippen LogP contribution is -2.47. The summed E-state index contributed by atoms with van der Waals surface area (Å²) in [5.41, 5.74) is 7.81. The van der Waals surface area contributed by atoms with Crippen molar-refractivity contribution in [1.29, 1.82) is 0 Å². The van der Waals surface area contributed by atoms with Gasteiger partial charge in [0.25, 0.3) is 0 Å². The quantitative estimate of drug-likeness (QED) is 0.466. The molecule has 2 N–H and O–H groups in total. The molecule has 2 heterocycles. The van der Waals surface area contributed by atoms with Gasteiger partial charge in [-0.2, -0.15) is 18.3 Å². The van der Waals surface area contributed by atoms with Crippen LogP contribution in [0.4, 0.5) is 22.0 Å². The number of aromatic nitrogens is 2. The zero-order chi connectivity index (χ0) is 25.3. The van der Waals surface area contributed by atoms with Crippen molar-refractivity contribution >= 4 is 0 Å². The van der Waals surface area contributed by atoms with Crippen LogP contribution in [-0.4, -0.2) is 46.6 Å². The van der Waals surface area contributed by atoms with Crippen LogP contribution in [0.3, 0.4) is 0 Å². The summed E-state index contributed by atoms with van der Waals surface area (Å²) in [6.07, 6.45) is -0.653. The van der Waals surface area contributed by atoms with Gasteiger partial charge >= 0.3 is 6.18 Å². The number of hydrogen-bond donors (Lipinski definition) is 1. The molecule has 0 bridgehead atoms. The Morgan fingerprint density at radius 1 is 1.11 bits per heavy atom. The Hall–Kier alpha value is -2.98. The summed E-state index contributed by atoms with van der Waals surface area (Å²) in [4.78, 5) is 1.11. The number of hydrogen-bond acceptors (Lipinski definition) is 4. The van der Waals surface area contributed by atoms with Gasteiger partial charge in [0.15, 0.2) is 0 Å². The Morgan fingerprint density at radius 2 is 1.83 bits per heavy atom. The van der Waals surface area contributed by atoms with Gasteiger partial charge in [-0.1, -0.05) is 18.2 Å². The lowest BCUT2D eigenvalue weighted by atomic mass is 9.83. The summed E-state index contributed by atoms with van der Waals surface area (Å²) in [6.45, 7) is 3.20. The van der Waals surface area contributed by atoms with Crippen LogP contribution in [-0.2, 0) is 13.0 Å². The molecule has 188 valence electrons. The zero-order valence-electron chi connectivity index (χ0n) is 19.4. The lowest BCUT2D eigenvalue weighted by molar-refractivity contribution is -0.155. The molecule has 35 heavy (non-hydrogen) atoms. The normalized spacial score (nSPS) is 18.5. The first kappa shape index (κ1) is 25.1. The molecule has 0 radical (unpaired) electrons. The van der Waals surface area contributed by atoms with Crippen molar-refractivity contribution in [2.75, 3.05) is 19.7 Å². The van der Waals surface area contributed by atoms with E-state index in [-0.39, 0.29) is 18.9 Å². The van der Waals surface area contributed by atoms with Gasteiger partial charge in [0.1, 0.15) is 24.0 Å². The highest BCUT2D eigenvalue weighted by Crippen LogP contribution is 2.43. The van der Waals surface area contributed by atoms with E-state index in [1.54, 1.807) is 29.9 Å². The minimum atomic E-state index is -4.55. The van der Waals surface area contributed by atoms with Crippen LogP contribution in [0.1, 0.15) is 36.6 Å². The molecule has 0 unspecified atom stereocenters. The minimum Gasteiger partial charge on any atom is -0.492 e. The van der Waals surface area contributed by atoms with Crippen molar-refractivity contribution in [1.82, 2.24) is 14.7 Å². The highest BCUT2D eigenvalue weighted by atomic mass is 19.4. The van der Waals surface area contributed by atoms with E-state index in [1.807, 2.05) is 19.2 Å². The molecular weight excluding hydrogens is 467 g/mol. The Balaban J connectivity index is 1.82. The summed E-state index contributed by atoms with van der Waals surface area (Å²) < 4.78 is 78.1. The van der Waals surface area contributed by atoms with Crippen LogP contribution >= 0.6 is 0 Å². The van der Waals surface area contributed by atoms with E-state index < -0.39 is 42.0 Å². The van der Waals surface area contributed by atoms with Crippen molar-refractivity contribution in [2.45, 2.75) is 45.1 Å². The number of benzene rings is 2. The van der Waals surface area contributed by atoms with E-state index in [0.29, 0.717) is 18.5 Å². The second kappa shape index (κ2) is 9.94. The van der Waals surface area contributed by atoms with E-state index in [9.17, 15) is 13.2 Å². The van der Waals surface area contributed by atoms with E-state index in [0.717, 1.165) is 33.7 Å².